The Morgan fingerprint density at radius 2 is 1.55 bits per heavy atom. The van der Waals surface area contributed by atoms with Crippen LogP contribution in [0.1, 0.15) is 28.3 Å². The summed E-state index contributed by atoms with van der Waals surface area (Å²) >= 11 is 15.7. The highest BCUT2D eigenvalue weighted by Crippen LogP contribution is 2.31. The lowest BCUT2D eigenvalue weighted by Gasteiger charge is -2.20. The van der Waals surface area contributed by atoms with Crippen LogP contribution in [-0.2, 0) is 0 Å². The van der Waals surface area contributed by atoms with Gasteiger partial charge >= 0.3 is 0 Å². The van der Waals surface area contributed by atoms with Gasteiger partial charge in [0.2, 0.25) is 0 Å². The molecule has 2 aromatic carbocycles. The number of benzene rings is 2. The van der Waals surface area contributed by atoms with E-state index in [2.05, 4.69) is 47.2 Å². The van der Waals surface area contributed by atoms with E-state index in [1.165, 1.54) is 16.7 Å². The maximum absolute atomic E-state index is 6.12. The van der Waals surface area contributed by atoms with Gasteiger partial charge in [0.1, 0.15) is 0 Å². The largest absolute Gasteiger partial charge is 0.309 e. The molecule has 1 atom stereocenters. The highest BCUT2D eigenvalue weighted by molar-refractivity contribution is 9.10. The quantitative estimate of drug-likeness (QED) is 0.730. The zero-order chi connectivity index (χ0) is 14.9. The molecule has 1 unspecified atom stereocenters. The summed E-state index contributed by atoms with van der Waals surface area (Å²) in [4.78, 5) is 0. The van der Waals surface area contributed by atoms with Crippen molar-refractivity contribution in [2.75, 3.05) is 7.05 Å². The average Bonchev–Trinajstić information content (AvgIpc) is 2.41. The normalized spacial score (nSPS) is 12.5. The minimum absolute atomic E-state index is 0.0928. The van der Waals surface area contributed by atoms with Crippen molar-refractivity contribution >= 4 is 39.1 Å². The molecule has 0 amide bonds. The summed E-state index contributed by atoms with van der Waals surface area (Å²) < 4.78 is 1.16. The van der Waals surface area contributed by atoms with Crippen molar-refractivity contribution in [1.29, 1.82) is 0 Å². The third kappa shape index (κ3) is 3.20. The van der Waals surface area contributed by atoms with Gasteiger partial charge in [-0.2, -0.15) is 0 Å². The molecule has 0 aromatic heterocycles. The Bertz CT molecular complexity index is 617. The van der Waals surface area contributed by atoms with Crippen molar-refractivity contribution in [3.05, 3.63) is 67.1 Å². The SMILES string of the molecule is CNC(c1cc(C)c(Br)c(C)c1)c1ccc(Cl)c(Cl)c1. The fourth-order valence-corrected chi connectivity index (χ4v) is 2.90. The Labute approximate surface area is 138 Å². The molecule has 2 rings (SSSR count). The van der Waals surface area contributed by atoms with Gasteiger partial charge < -0.3 is 5.32 Å². The van der Waals surface area contributed by atoms with E-state index in [1.54, 1.807) is 0 Å². The van der Waals surface area contributed by atoms with Crippen molar-refractivity contribution in [2.24, 2.45) is 0 Å². The first-order valence-electron chi connectivity index (χ1n) is 6.33. The van der Waals surface area contributed by atoms with Gasteiger partial charge in [-0.3, -0.25) is 0 Å². The number of aryl methyl sites for hydroxylation is 2. The molecule has 0 aliphatic carbocycles. The second-order valence-corrected chi connectivity index (χ2v) is 6.47. The molecule has 0 saturated heterocycles. The third-order valence-electron chi connectivity index (χ3n) is 3.36. The van der Waals surface area contributed by atoms with E-state index >= 15 is 0 Å². The first kappa shape index (κ1) is 15.8. The minimum Gasteiger partial charge on any atom is -0.309 e. The monoisotopic (exact) mass is 371 g/mol. The van der Waals surface area contributed by atoms with Crippen molar-refractivity contribution in [1.82, 2.24) is 5.32 Å². The Hall–Kier alpha value is -0.540. The summed E-state index contributed by atoms with van der Waals surface area (Å²) in [6.45, 7) is 4.20. The zero-order valence-corrected chi connectivity index (χ0v) is 14.7. The lowest BCUT2D eigenvalue weighted by Crippen LogP contribution is -2.18. The van der Waals surface area contributed by atoms with Crippen LogP contribution >= 0.6 is 39.1 Å². The van der Waals surface area contributed by atoms with E-state index in [1.807, 2.05) is 25.2 Å². The molecular weight excluding hydrogens is 357 g/mol. The molecule has 0 saturated carbocycles. The smallest absolute Gasteiger partial charge is 0.0595 e. The molecule has 0 bridgehead atoms. The van der Waals surface area contributed by atoms with Gasteiger partial charge in [-0.25, -0.2) is 0 Å². The van der Waals surface area contributed by atoms with Crippen molar-refractivity contribution in [3.8, 4) is 0 Å². The van der Waals surface area contributed by atoms with E-state index in [-0.39, 0.29) is 6.04 Å². The van der Waals surface area contributed by atoms with Crippen LogP contribution in [0.25, 0.3) is 0 Å². The van der Waals surface area contributed by atoms with Gasteiger partial charge in [0.05, 0.1) is 16.1 Å². The average molecular weight is 373 g/mol. The topological polar surface area (TPSA) is 12.0 Å². The molecule has 1 nitrogen and oxygen atoms in total. The van der Waals surface area contributed by atoms with Gasteiger partial charge in [-0.05, 0) is 55.3 Å². The van der Waals surface area contributed by atoms with Crippen LogP contribution in [0, 0.1) is 13.8 Å². The molecule has 0 spiro atoms. The first-order chi connectivity index (χ1) is 9.43. The van der Waals surface area contributed by atoms with Gasteiger partial charge in [0.15, 0.2) is 0 Å². The number of hydrogen-bond acceptors (Lipinski definition) is 1. The van der Waals surface area contributed by atoms with E-state index in [9.17, 15) is 0 Å². The van der Waals surface area contributed by atoms with Crippen LogP contribution < -0.4 is 5.32 Å². The van der Waals surface area contributed by atoms with Crippen molar-refractivity contribution in [3.63, 3.8) is 0 Å². The Balaban J connectivity index is 2.49. The van der Waals surface area contributed by atoms with Gasteiger partial charge in [-0.1, -0.05) is 57.3 Å². The molecule has 0 aliphatic heterocycles. The van der Waals surface area contributed by atoms with Gasteiger partial charge in [-0.15, -0.1) is 0 Å². The number of hydrogen-bond donors (Lipinski definition) is 1. The molecular formula is C16H16BrCl2N. The van der Waals surface area contributed by atoms with E-state index < -0.39 is 0 Å². The van der Waals surface area contributed by atoms with Crippen LogP contribution in [0.3, 0.4) is 0 Å². The number of nitrogens with one attached hydrogen (secondary N) is 1. The van der Waals surface area contributed by atoms with E-state index in [0.717, 1.165) is 10.0 Å². The molecule has 20 heavy (non-hydrogen) atoms. The van der Waals surface area contributed by atoms with E-state index in [4.69, 9.17) is 23.2 Å². The maximum atomic E-state index is 6.12. The van der Waals surface area contributed by atoms with Gasteiger partial charge in [0, 0.05) is 4.47 Å². The van der Waals surface area contributed by atoms with Crippen LogP contribution in [0.4, 0.5) is 0 Å². The summed E-state index contributed by atoms with van der Waals surface area (Å²) in [5, 5.41) is 4.49. The fourth-order valence-electron chi connectivity index (χ4n) is 2.36. The zero-order valence-electron chi connectivity index (χ0n) is 11.6. The molecule has 106 valence electrons. The molecule has 0 aliphatic rings. The molecule has 2 aromatic rings. The predicted molar refractivity (Wildman–Crippen MR) is 91.0 cm³/mol. The highest BCUT2D eigenvalue weighted by Gasteiger charge is 2.15. The van der Waals surface area contributed by atoms with Gasteiger partial charge in [0.25, 0.3) is 0 Å². The lowest BCUT2D eigenvalue weighted by molar-refractivity contribution is 0.690. The Morgan fingerprint density at radius 3 is 2.05 bits per heavy atom. The summed E-state index contributed by atoms with van der Waals surface area (Å²) in [7, 11) is 1.94. The minimum atomic E-state index is 0.0928. The highest BCUT2D eigenvalue weighted by atomic mass is 79.9. The van der Waals surface area contributed by atoms with Crippen LogP contribution in [0.5, 0.6) is 0 Å². The first-order valence-corrected chi connectivity index (χ1v) is 7.87. The maximum Gasteiger partial charge on any atom is 0.0595 e. The Morgan fingerprint density at radius 1 is 0.950 bits per heavy atom. The van der Waals surface area contributed by atoms with Crippen LogP contribution in [-0.4, -0.2) is 7.05 Å². The number of rotatable bonds is 3. The number of halogens is 3. The molecule has 0 fully saturated rings. The van der Waals surface area contributed by atoms with E-state index in [0.29, 0.717) is 10.0 Å². The molecule has 1 N–H and O–H groups in total. The lowest BCUT2D eigenvalue weighted by atomic mass is 9.96. The van der Waals surface area contributed by atoms with Crippen LogP contribution in [0.15, 0.2) is 34.8 Å². The molecule has 0 radical (unpaired) electrons. The summed E-state index contributed by atoms with van der Waals surface area (Å²) in [5.74, 6) is 0. The Kier molecular flexibility index (Phi) is 5.14. The predicted octanol–water partition coefficient (Wildman–Crippen LogP) is 5.68. The second kappa shape index (κ2) is 6.48. The second-order valence-electron chi connectivity index (χ2n) is 4.86. The third-order valence-corrected chi connectivity index (χ3v) is 5.35. The van der Waals surface area contributed by atoms with Crippen molar-refractivity contribution < 1.29 is 0 Å². The summed E-state index contributed by atoms with van der Waals surface area (Å²) in [6, 6.07) is 10.2. The fraction of sp³-hybridized carbons (Fsp3) is 0.250. The molecule has 4 heteroatoms. The standard InChI is InChI=1S/C16H16BrCl2N/c1-9-6-12(7-10(2)15(9)17)16(20-3)11-4-5-13(18)14(19)8-11/h4-8,16,20H,1-3H3. The summed E-state index contributed by atoms with van der Waals surface area (Å²) in [6.07, 6.45) is 0. The summed E-state index contributed by atoms with van der Waals surface area (Å²) in [5.41, 5.74) is 4.76. The molecule has 0 heterocycles. The van der Waals surface area contributed by atoms with Crippen molar-refractivity contribution in [2.45, 2.75) is 19.9 Å². The van der Waals surface area contributed by atoms with Crippen LogP contribution in [0.2, 0.25) is 10.0 Å².